The van der Waals surface area contributed by atoms with Crippen LogP contribution in [0.2, 0.25) is 0 Å². The van der Waals surface area contributed by atoms with Crippen LogP contribution in [0.3, 0.4) is 0 Å². The van der Waals surface area contributed by atoms with Crippen LogP contribution >= 0.6 is 11.8 Å². The molecule has 2 fully saturated rings. The monoisotopic (exact) mass is 327 g/mol. The SMILES string of the molecule is CCCCC(=O)N1CSCC1C(=O)N1CCN(C(C)=O)CC1. The first-order valence-corrected chi connectivity index (χ1v) is 9.11. The summed E-state index contributed by atoms with van der Waals surface area (Å²) in [7, 11) is 0. The Bertz CT molecular complexity index is 436. The average molecular weight is 327 g/mol. The van der Waals surface area contributed by atoms with Crippen molar-refractivity contribution in [2.75, 3.05) is 37.8 Å². The Morgan fingerprint density at radius 3 is 2.32 bits per heavy atom. The van der Waals surface area contributed by atoms with E-state index in [2.05, 4.69) is 6.92 Å². The molecule has 0 aliphatic carbocycles. The highest BCUT2D eigenvalue weighted by atomic mass is 32.2. The van der Waals surface area contributed by atoms with Gasteiger partial charge in [0.15, 0.2) is 0 Å². The van der Waals surface area contributed by atoms with Crippen LogP contribution in [-0.2, 0) is 14.4 Å². The fourth-order valence-corrected chi connectivity index (χ4v) is 3.99. The van der Waals surface area contributed by atoms with Gasteiger partial charge in [0.25, 0.3) is 0 Å². The van der Waals surface area contributed by atoms with E-state index in [-0.39, 0.29) is 23.8 Å². The number of thioether (sulfide) groups is 1. The Balaban J connectivity index is 1.91. The standard InChI is InChI=1S/C15H25N3O3S/c1-3-4-5-14(20)18-11-22-10-13(18)15(21)17-8-6-16(7-9-17)12(2)19/h13H,3-11H2,1-2H3. The summed E-state index contributed by atoms with van der Waals surface area (Å²) in [6, 6.07) is -0.321. The minimum Gasteiger partial charge on any atom is -0.339 e. The van der Waals surface area contributed by atoms with Crippen LogP contribution in [0.25, 0.3) is 0 Å². The molecule has 3 amide bonds. The molecule has 2 heterocycles. The van der Waals surface area contributed by atoms with Crippen LogP contribution in [0, 0.1) is 0 Å². The molecule has 0 aromatic carbocycles. The minimum absolute atomic E-state index is 0.0399. The number of unbranched alkanes of at least 4 members (excludes halogenated alkanes) is 1. The van der Waals surface area contributed by atoms with E-state index in [1.165, 1.54) is 0 Å². The average Bonchev–Trinajstić information content (AvgIpc) is 3.01. The summed E-state index contributed by atoms with van der Waals surface area (Å²) in [6.07, 6.45) is 2.38. The van der Waals surface area contributed by atoms with Crippen LogP contribution < -0.4 is 0 Å². The van der Waals surface area contributed by atoms with Crippen molar-refractivity contribution in [3.8, 4) is 0 Å². The van der Waals surface area contributed by atoms with Gasteiger partial charge >= 0.3 is 0 Å². The van der Waals surface area contributed by atoms with E-state index in [0.29, 0.717) is 44.2 Å². The molecule has 2 aliphatic heterocycles. The molecule has 0 bridgehead atoms. The highest BCUT2D eigenvalue weighted by Gasteiger charge is 2.37. The van der Waals surface area contributed by atoms with Crippen LogP contribution in [0.4, 0.5) is 0 Å². The predicted molar refractivity (Wildman–Crippen MR) is 86.3 cm³/mol. The molecule has 1 atom stereocenters. The Hall–Kier alpha value is -1.24. The van der Waals surface area contributed by atoms with E-state index in [0.717, 1.165) is 12.8 Å². The van der Waals surface area contributed by atoms with E-state index in [1.54, 1.807) is 33.4 Å². The second-order valence-corrected chi connectivity index (χ2v) is 6.81. The number of carbonyl (C=O) groups is 3. The molecule has 2 saturated heterocycles. The van der Waals surface area contributed by atoms with Crippen molar-refractivity contribution in [1.82, 2.24) is 14.7 Å². The number of nitrogens with zero attached hydrogens (tertiary/aromatic N) is 3. The van der Waals surface area contributed by atoms with Crippen molar-refractivity contribution in [2.45, 2.75) is 39.2 Å². The topological polar surface area (TPSA) is 60.9 Å². The zero-order chi connectivity index (χ0) is 16.1. The minimum atomic E-state index is -0.321. The van der Waals surface area contributed by atoms with Gasteiger partial charge in [0.05, 0.1) is 5.88 Å². The Morgan fingerprint density at radius 1 is 1.09 bits per heavy atom. The van der Waals surface area contributed by atoms with Gasteiger partial charge in [0.2, 0.25) is 17.7 Å². The lowest BCUT2D eigenvalue weighted by Gasteiger charge is -2.36. The zero-order valence-electron chi connectivity index (χ0n) is 13.4. The third-order valence-corrected chi connectivity index (χ3v) is 5.28. The molecule has 124 valence electrons. The largest absolute Gasteiger partial charge is 0.339 e. The van der Waals surface area contributed by atoms with Crippen molar-refractivity contribution in [2.24, 2.45) is 0 Å². The van der Waals surface area contributed by atoms with Gasteiger partial charge in [-0.25, -0.2) is 0 Å². The van der Waals surface area contributed by atoms with Crippen molar-refractivity contribution in [1.29, 1.82) is 0 Å². The maximum absolute atomic E-state index is 12.7. The molecule has 22 heavy (non-hydrogen) atoms. The first-order chi connectivity index (χ1) is 10.5. The van der Waals surface area contributed by atoms with E-state index >= 15 is 0 Å². The second kappa shape index (κ2) is 7.85. The van der Waals surface area contributed by atoms with Crippen molar-refractivity contribution in [3.05, 3.63) is 0 Å². The zero-order valence-corrected chi connectivity index (χ0v) is 14.2. The number of hydrogen-bond acceptors (Lipinski definition) is 4. The van der Waals surface area contributed by atoms with Gasteiger partial charge in [0, 0.05) is 45.3 Å². The van der Waals surface area contributed by atoms with E-state index in [4.69, 9.17) is 0 Å². The molecular formula is C15H25N3O3S. The molecule has 7 heteroatoms. The summed E-state index contributed by atoms with van der Waals surface area (Å²) in [5, 5.41) is 0. The third kappa shape index (κ3) is 3.94. The molecule has 2 aliphatic rings. The maximum atomic E-state index is 12.7. The molecule has 0 aromatic heterocycles. The van der Waals surface area contributed by atoms with E-state index < -0.39 is 0 Å². The molecule has 0 spiro atoms. The normalized spacial score (nSPS) is 22.1. The number of hydrogen-bond donors (Lipinski definition) is 0. The summed E-state index contributed by atoms with van der Waals surface area (Å²) < 4.78 is 0. The predicted octanol–water partition coefficient (Wildman–Crippen LogP) is 0.769. The lowest BCUT2D eigenvalue weighted by Crippen LogP contribution is -2.55. The number of amides is 3. The highest BCUT2D eigenvalue weighted by Crippen LogP contribution is 2.24. The molecule has 2 rings (SSSR count). The third-order valence-electron chi connectivity index (χ3n) is 4.27. The molecule has 0 radical (unpaired) electrons. The Kier molecular flexibility index (Phi) is 6.11. The molecule has 6 nitrogen and oxygen atoms in total. The summed E-state index contributed by atoms with van der Waals surface area (Å²) in [5.41, 5.74) is 0. The Morgan fingerprint density at radius 2 is 1.73 bits per heavy atom. The van der Waals surface area contributed by atoms with Gasteiger partial charge in [-0.2, -0.15) is 0 Å². The lowest BCUT2D eigenvalue weighted by atomic mass is 10.2. The van der Waals surface area contributed by atoms with Gasteiger partial charge in [-0.15, -0.1) is 11.8 Å². The fraction of sp³-hybridized carbons (Fsp3) is 0.800. The van der Waals surface area contributed by atoms with Gasteiger partial charge in [-0.3, -0.25) is 14.4 Å². The van der Waals surface area contributed by atoms with Gasteiger partial charge in [0.1, 0.15) is 6.04 Å². The molecule has 0 aromatic rings. The maximum Gasteiger partial charge on any atom is 0.246 e. The molecular weight excluding hydrogens is 302 g/mol. The van der Waals surface area contributed by atoms with Gasteiger partial charge in [-0.05, 0) is 6.42 Å². The second-order valence-electron chi connectivity index (χ2n) is 5.81. The first-order valence-electron chi connectivity index (χ1n) is 7.96. The van der Waals surface area contributed by atoms with Gasteiger partial charge in [-0.1, -0.05) is 13.3 Å². The summed E-state index contributed by atoms with van der Waals surface area (Å²) in [4.78, 5) is 41.6. The van der Waals surface area contributed by atoms with Crippen molar-refractivity contribution >= 4 is 29.5 Å². The smallest absolute Gasteiger partial charge is 0.246 e. The quantitative estimate of drug-likeness (QED) is 0.765. The number of carbonyl (C=O) groups excluding carboxylic acids is 3. The van der Waals surface area contributed by atoms with Crippen LogP contribution in [0.1, 0.15) is 33.1 Å². The number of piperazine rings is 1. The summed E-state index contributed by atoms with van der Waals surface area (Å²) in [6.45, 7) is 5.92. The molecule has 1 unspecified atom stereocenters. The molecule has 0 N–H and O–H groups in total. The van der Waals surface area contributed by atoms with E-state index in [9.17, 15) is 14.4 Å². The lowest BCUT2D eigenvalue weighted by molar-refractivity contribution is -0.146. The van der Waals surface area contributed by atoms with Crippen molar-refractivity contribution < 1.29 is 14.4 Å². The van der Waals surface area contributed by atoms with Crippen LogP contribution in [0.5, 0.6) is 0 Å². The number of rotatable bonds is 4. The molecule has 0 saturated carbocycles. The van der Waals surface area contributed by atoms with Crippen LogP contribution in [-0.4, -0.2) is 76.3 Å². The summed E-state index contributed by atoms with van der Waals surface area (Å²) in [5.74, 6) is 1.49. The van der Waals surface area contributed by atoms with E-state index in [1.807, 2.05) is 0 Å². The van der Waals surface area contributed by atoms with Gasteiger partial charge < -0.3 is 14.7 Å². The summed E-state index contributed by atoms with van der Waals surface area (Å²) >= 11 is 1.64. The van der Waals surface area contributed by atoms with Crippen LogP contribution in [0.15, 0.2) is 0 Å². The Labute approximate surface area is 136 Å². The fourth-order valence-electron chi connectivity index (χ4n) is 2.82. The highest BCUT2D eigenvalue weighted by molar-refractivity contribution is 7.99. The van der Waals surface area contributed by atoms with Crippen molar-refractivity contribution in [3.63, 3.8) is 0 Å². The first kappa shape index (κ1) is 17.1.